The summed E-state index contributed by atoms with van der Waals surface area (Å²) in [6.45, 7) is 6.29. The summed E-state index contributed by atoms with van der Waals surface area (Å²) >= 11 is 0. The van der Waals surface area contributed by atoms with Gasteiger partial charge in [-0.15, -0.1) is 0 Å². The standard InChI is InChI=1S/C24H32FN3O2/c1-6-17-7-9-18(10-8-17)21(28(4)5)15-26-24(30)22(16(2)3)27-23(29)19-11-13-20(25)14-12-19/h7-14,16,21-22H,6,15H2,1-5H3,(H,26,30)(H,27,29)/t21-,22+/m1/s1. The molecule has 0 heterocycles. The molecule has 30 heavy (non-hydrogen) atoms. The fraction of sp³-hybridized carbons (Fsp3) is 0.417. The third kappa shape index (κ3) is 6.39. The van der Waals surface area contributed by atoms with Crippen LogP contribution in [0.2, 0.25) is 0 Å². The van der Waals surface area contributed by atoms with Gasteiger partial charge in [-0.05, 0) is 61.8 Å². The molecule has 0 aromatic heterocycles. The van der Waals surface area contributed by atoms with Crippen LogP contribution in [-0.4, -0.2) is 43.4 Å². The number of carbonyl (C=O) groups is 2. The number of aryl methyl sites for hydroxylation is 1. The van der Waals surface area contributed by atoms with Crippen LogP contribution in [0.5, 0.6) is 0 Å². The summed E-state index contributed by atoms with van der Waals surface area (Å²) in [6.07, 6.45) is 0.980. The zero-order chi connectivity index (χ0) is 22.3. The largest absolute Gasteiger partial charge is 0.352 e. The van der Waals surface area contributed by atoms with E-state index in [2.05, 4.69) is 46.7 Å². The summed E-state index contributed by atoms with van der Waals surface area (Å²) in [5.41, 5.74) is 2.70. The fourth-order valence-electron chi connectivity index (χ4n) is 3.24. The normalized spacial score (nSPS) is 13.2. The number of hydrogen-bond acceptors (Lipinski definition) is 3. The molecule has 2 aromatic carbocycles. The van der Waals surface area contributed by atoms with E-state index in [1.165, 1.54) is 29.8 Å². The van der Waals surface area contributed by atoms with E-state index in [4.69, 9.17) is 0 Å². The average molecular weight is 414 g/mol. The van der Waals surface area contributed by atoms with Gasteiger partial charge in [-0.2, -0.15) is 0 Å². The van der Waals surface area contributed by atoms with Gasteiger partial charge in [0.1, 0.15) is 11.9 Å². The predicted octanol–water partition coefficient (Wildman–Crippen LogP) is 3.56. The molecule has 0 fully saturated rings. The number of benzene rings is 2. The molecule has 2 amide bonds. The Bertz CT molecular complexity index is 833. The number of likely N-dealkylation sites (N-methyl/N-ethyl adjacent to an activating group) is 1. The Kier molecular flexibility index (Phi) is 8.54. The van der Waals surface area contributed by atoms with Gasteiger partial charge in [0.05, 0.1) is 6.04 Å². The third-order valence-electron chi connectivity index (χ3n) is 5.21. The van der Waals surface area contributed by atoms with Crippen LogP contribution >= 0.6 is 0 Å². The maximum atomic E-state index is 13.1. The van der Waals surface area contributed by atoms with Gasteiger partial charge < -0.3 is 15.5 Å². The molecule has 5 nitrogen and oxygen atoms in total. The summed E-state index contributed by atoms with van der Waals surface area (Å²) in [4.78, 5) is 27.4. The molecule has 0 aliphatic rings. The summed E-state index contributed by atoms with van der Waals surface area (Å²) < 4.78 is 13.1. The van der Waals surface area contributed by atoms with E-state index >= 15 is 0 Å². The number of halogens is 1. The molecule has 6 heteroatoms. The number of carbonyl (C=O) groups excluding carboxylic acids is 2. The van der Waals surface area contributed by atoms with Gasteiger partial charge >= 0.3 is 0 Å². The van der Waals surface area contributed by atoms with Crippen molar-refractivity contribution >= 4 is 11.8 Å². The predicted molar refractivity (Wildman–Crippen MR) is 118 cm³/mol. The van der Waals surface area contributed by atoms with Crippen LogP contribution in [0.1, 0.15) is 48.3 Å². The molecule has 162 valence electrons. The van der Waals surface area contributed by atoms with Crippen LogP contribution in [-0.2, 0) is 11.2 Å². The van der Waals surface area contributed by atoms with Crippen LogP contribution in [0.15, 0.2) is 48.5 Å². The highest BCUT2D eigenvalue weighted by atomic mass is 19.1. The summed E-state index contributed by atoms with van der Waals surface area (Å²) in [5.74, 6) is -1.15. The average Bonchev–Trinajstić information content (AvgIpc) is 2.72. The lowest BCUT2D eigenvalue weighted by Gasteiger charge is -2.27. The minimum Gasteiger partial charge on any atom is -0.352 e. The van der Waals surface area contributed by atoms with Crippen LogP contribution in [0, 0.1) is 11.7 Å². The molecule has 0 bridgehead atoms. The first-order chi connectivity index (χ1) is 14.2. The van der Waals surface area contributed by atoms with E-state index in [1.807, 2.05) is 27.9 Å². The molecule has 0 saturated heterocycles. The van der Waals surface area contributed by atoms with Gasteiger partial charge in [-0.3, -0.25) is 9.59 Å². The van der Waals surface area contributed by atoms with Crippen LogP contribution in [0.25, 0.3) is 0 Å². The lowest BCUT2D eigenvalue weighted by molar-refractivity contribution is -0.124. The van der Waals surface area contributed by atoms with Crippen molar-refractivity contribution in [1.29, 1.82) is 0 Å². The second-order valence-electron chi connectivity index (χ2n) is 8.02. The zero-order valence-electron chi connectivity index (χ0n) is 18.4. The van der Waals surface area contributed by atoms with Crippen molar-refractivity contribution in [2.75, 3.05) is 20.6 Å². The Morgan fingerprint density at radius 3 is 2.10 bits per heavy atom. The minimum atomic E-state index is -0.687. The Hall–Kier alpha value is -2.73. The first kappa shape index (κ1) is 23.5. The van der Waals surface area contributed by atoms with Crippen molar-refractivity contribution in [1.82, 2.24) is 15.5 Å². The Morgan fingerprint density at radius 2 is 1.60 bits per heavy atom. The van der Waals surface area contributed by atoms with E-state index in [-0.39, 0.29) is 17.9 Å². The van der Waals surface area contributed by atoms with E-state index in [0.29, 0.717) is 12.1 Å². The SMILES string of the molecule is CCc1ccc([C@@H](CNC(=O)[C@@H](NC(=O)c2ccc(F)cc2)C(C)C)N(C)C)cc1. The van der Waals surface area contributed by atoms with E-state index < -0.39 is 17.8 Å². The number of hydrogen-bond donors (Lipinski definition) is 2. The lowest BCUT2D eigenvalue weighted by atomic mass is 10.0. The number of nitrogens with one attached hydrogen (secondary N) is 2. The summed E-state index contributed by atoms with van der Waals surface area (Å²) in [6, 6.07) is 13.0. The first-order valence-electron chi connectivity index (χ1n) is 10.3. The molecule has 2 aromatic rings. The molecule has 0 saturated carbocycles. The monoisotopic (exact) mass is 413 g/mol. The second kappa shape index (κ2) is 10.9. The van der Waals surface area contributed by atoms with Gasteiger partial charge in [0.15, 0.2) is 0 Å². The third-order valence-corrected chi connectivity index (χ3v) is 5.21. The molecule has 0 radical (unpaired) electrons. The van der Waals surface area contributed by atoms with E-state index in [9.17, 15) is 14.0 Å². The number of rotatable bonds is 9. The maximum Gasteiger partial charge on any atom is 0.251 e. The highest BCUT2D eigenvalue weighted by Gasteiger charge is 2.26. The van der Waals surface area contributed by atoms with Gasteiger partial charge in [-0.25, -0.2) is 4.39 Å². The zero-order valence-corrected chi connectivity index (χ0v) is 18.4. The van der Waals surface area contributed by atoms with Crippen LogP contribution in [0.4, 0.5) is 4.39 Å². The highest BCUT2D eigenvalue weighted by molar-refractivity contribution is 5.97. The maximum absolute atomic E-state index is 13.1. The Labute approximate surface area is 178 Å². The Balaban J connectivity index is 2.05. The summed E-state index contributed by atoms with van der Waals surface area (Å²) in [7, 11) is 3.95. The minimum absolute atomic E-state index is 0.0143. The molecule has 0 unspecified atom stereocenters. The molecule has 2 rings (SSSR count). The summed E-state index contributed by atoms with van der Waals surface area (Å²) in [5, 5.41) is 5.76. The van der Waals surface area contributed by atoms with Gasteiger partial charge in [-0.1, -0.05) is 45.0 Å². The Morgan fingerprint density at radius 1 is 1.00 bits per heavy atom. The number of nitrogens with zero attached hydrogens (tertiary/aromatic N) is 1. The molecular weight excluding hydrogens is 381 g/mol. The molecular formula is C24H32FN3O2. The number of amides is 2. The topological polar surface area (TPSA) is 61.4 Å². The fourth-order valence-corrected chi connectivity index (χ4v) is 3.24. The molecule has 0 spiro atoms. The van der Waals surface area contributed by atoms with Crippen molar-refractivity contribution in [2.24, 2.45) is 5.92 Å². The first-order valence-corrected chi connectivity index (χ1v) is 10.3. The van der Waals surface area contributed by atoms with Gasteiger partial charge in [0.2, 0.25) is 5.91 Å². The van der Waals surface area contributed by atoms with E-state index in [1.54, 1.807) is 0 Å². The van der Waals surface area contributed by atoms with Crippen molar-refractivity contribution in [3.05, 3.63) is 71.0 Å². The molecule has 2 N–H and O–H groups in total. The van der Waals surface area contributed by atoms with Crippen LogP contribution in [0.3, 0.4) is 0 Å². The van der Waals surface area contributed by atoms with E-state index in [0.717, 1.165) is 12.0 Å². The van der Waals surface area contributed by atoms with Crippen molar-refractivity contribution in [2.45, 2.75) is 39.3 Å². The van der Waals surface area contributed by atoms with Gasteiger partial charge in [0.25, 0.3) is 5.91 Å². The van der Waals surface area contributed by atoms with Crippen molar-refractivity contribution in [3.63, 3.8) is 0 Å². The lowest BCUT2D eigenvalue weighted by Crippen LogP contribution is -2.51. The van der Waals surface area contributed by atoms with Crippen LogP contribution < -0.4 is 10.6 Å². The van der Waals surface area contributed by atoms with Crippen molar-refractivity contribution < 1.29 is 14.0 Å². The van der Waals surface area contributed by atoms with Gasteiger partial charge in [0, 0.05) is 12.1 Å². The molecule has 0 aliphatic heterocycles. The molecule has 0 aliphatic carbocycles. The smallest absolute Gasteiger partial charge is 0.251 e. The molecule has 2 atom stereocenters. The van der Waals surface area contributed by atoms with Crippen molar-refractivity contribution in [3.8, 4) is 0 Å². The second-order valence-corrected chi connectivity index (χ2v) is 8.02. The highest BCUT2D eigenvalue weighted by Crippen LogP contribution is 2.18. The quantitative estimate of drug-likeness (QED) is 0.661.